The van der Waals surface area contributed by atoms with Crippen LogP contribution in [0.4, 0.5) is 0 Å². The average molecular weight is 300 g/mol. The lowest BCUT2D eigenvalue weighted by atomic mass is 10.1. The molecule has 0 aliphatic carbocycles. The van der Waals surface area contributed by atoms with Gasteiger partial charge in [-0.05, 0) is 50.3 Å². The Bertz CT molecular complexity index is 665. The van der Waals surface area contributed by atoms with E-state index in [0.717, 1.165) is 25.1 Å². The van der Waals surface area contributed by atoms with Gasteiger partial charge in [0, 0.05) is 25.2 Å². The molecule has 6 nitrogen and oxygen atoms in total. The molecule has 0 unspecified atom stereocenters. The third-order valence-corrected chi connectivity index (χ3v) is 4.21. The lowest BCUT2D eigenvalue weighted by molar-refractivity contribution is 0.0731. The zero-order valence-electron chi connectivity index (χ0n) is 12.8. The van der Waals surface area contributed by atoms with E-state index in [1.807, 2.05) is 7.05 Å². The number of aromatic hydroxyl groups is 1. The van der Waals surface area contributed by atoms with Crippen molar-refractivity contribution in [2.24, 2.45) is 0 Å². The van der Waals surface area contributed by atoms with Crippen molar-refractivity contribution in [2.75, 3.05) is 27.2 Å². The van der Waals surface area contributed by atoms with Crippen LogP contribution in [-0.4, -0.2) is 64.2 Å². The third kappa shape index (κ3) is 2.82. The summed E-state index contributed by atoms with van der Waals surface area (Å²) in [5.41, 5.74) is 2.04. The average Bonchev–Trinajstić information content (AvgIpc) is 3.15. The van der Waals surface area contributed by atoms with Crippen molar-refractivity contribution in [1.82, 2.24) is 20.0 Å². The lowest BCUT2D eigenvalue weighted by Gasteiger charge is -2.23. The van der Waals surface area contributed by atoms with Crippen molar-refractivity contribution in [3.8, 4) is 17.0 Å². The van der Waals surface area contributed by atoms with Crippen LogP contribution < -0.4 is 0 Å². The fourth-order valence-corrected chi connectivity index (χ4v) is 2.80. The largest absolute Gasteiger partial charge is 0.508 e. The minimum Gasteiger partial charge on any atom is -0.508 e. The van der Waals surface area contributed by atoms with Crippen molar-refractivity contribution in [3.05, 3.63) is 36.0 Å². The molecule has 1 aromatic carbocycles. The second-order valence-corrected chi connectivity index (χ2v) is 5.83. The highest BCUT2D eigenvalue weighted by atomic mass is 16.3. The van der Waals surface area contributed by atoms with Gasteiger partial charge in [-0.15, -0.1) is 0 Å². The molecule has 0 spiro atoms. The molecule has 22 heavy (non-hydrogen) atoms. The van der Waals surface area contributed by atoms with Crippen LogP contribution in [0.2, 0.25) is 0 Å². The number of aromatic amines is 1. The first-order valence-corrected chi connectivity index (χ1v) is 7.35. The Hall–Kier alpha value is -2.34. The number of amides is 1. The quantitative estimate of drug-likeness (QED) is 0.902. The number of likely N-dealkylation sites (tertiary alicyclic amines) is 1. The predicted octanol–water partition coefficient (Wildman–Crippen LogP) is 1.56. The van der Waals surface area contributed by atoms with Crippen LogP contribution >= 0.6 is 0 Å². The van der Waals surface area contributed by atoms with Crippen molar-refractivity contribution in [3.63, 3.8) is 0 Å². The van der Waals surface area contributed by atoms with Gasteiger partial charge in [0.1, 0.15) is 11.4 Å². The van der Waals surface area contributed by atoms with Gasteiger partial charge in [0.05, 0.1) is 5.69 Å². The van der Waals surface area contributed by atoms with Crippen molar-refractivity contribution < 1.29 is 9.90 Å². The fraction of sp³-hybridized carbons (Fsp3) is 0.375. The van der Waals surface area contributed by atoms with Gasteiger partial charge < -0.3 is 14.9 Å². The molecule has 1 amide bonds. The summed E-state index contributed by atoms with van der Waals surface area (Å²) in [6.07, 6.45) is 0.998. The van der Waals surface area contributed by atoms with E-state index in [-0.39, 0.29) is 17.7 Å². The summed E-state index contributed by atoms with van der Waals surface area (Å²) < 4.78 is 0. The molecule has 1 aromatic heterocycles. The molecule has 1 saturated heterocycles. The van der Waals surface area contributed by atoms with Crippen LogP contribution in [0.3, 0.4) is 0 Å². The normalized spacial score (nSPS) is 18.5. The van der Waals surface area contributed by atoms with Crippen LogP contribution in [-0.2, 0) is 0 Å². The zero-order chi connectivity index (χ0) is 15.7. The Balaban J connectivity index is 1.75. The van der Waals surface area contributed by atoms with Gasteiger partial charge in [-0.3, -0.25) is 9.89 Å². The summed E-state index contributed by atoms with van der Waals surface area (Å²) >= 11 is 0. The maximum atomic E-state index is 12.5. The maximum absolute atomic E-state index is 12.5. The second-order valence-electron chi connectivity index (χ2n) is 5.83. The zero-order valence-corrected chi connectivity index (χ0v) is 12.8. The minimum atomic E-state index is -0.0437. The van der Waals surface area contributed by atoms with Crippen LogP contribution in [0.25, 0.3) is 11.3 Å². The topological polar surface area (TPSA) is 72.5 Å². The molecule has 1 aliphatic heterocycles. The van der Waals surface area contributed by atoms with Crippen molar-refractivity contribution in [1.29, 1.82) is 0 Å². The van der Waals surface area contributed by atoms with Gasteiger partial charge >= 0.3 is 0 Å². The number of phenols is 1. The van der Waals surface area contributed by atoms with Gasteiger partial charge in [0.15, 0.2) is 0 Å². The molecule has 116 valence electrons. The SMILES string of the molecule is CN1CC[C@@H](N(C)C(=O)c2cc(-c3ccc(O)cc3)n[nH]2)C1. The molecular weight excluding hydrogens is 280 g/mol. The lowest BCUT2D eigenvalue weighted by Crippen LogP contribution is -2.38. The monoisotopic (exact) mass is 300 g/mol. The number of H-pyrrole nitrogens is 1. The molecule has 0 bridgehead atoms. The summed E-state index contributed by atoms with van der Waals surface area (Å²) in [7, 11) is 3.91. The van der Waals surface area contributed by atoms with E-state index >= 15 is 0 Å². The molecule has 2 heterocycles. The number of nitrogens with one attached hydrogen (secondary N) is 1. The molecule has 1 atom stereocenters. The van der Waals surface area contributed by atoms with Gasteiger partial charge in [0.2, 0.25) is 0 Å². The first kappa shape index (κ1) is 14.6. The standard InChI is InChI=1S/C16H20N4O2/c1-19-8-7-12(10-19)20(2)16(22)15-9-14(17-18-15)11-3-5-13(21)6-4-11/h3-6,9,12,21H,7-8,10H2,1-2H3,(H,17,18)/t12-/m1/s1. The van der Waals surface area contributed by atoms with E-state index < -0.39 is 0 Å². The Morgan fingerprint density at radius 3 is 2.77 bits per heavy atom. The second kappa shape index (κ2) is 5.81. The smallest absolute Gasteiger partial charge is 0.271 e. The molecule has 0 radical (unpaired) electrons. The Kier molecular flexibility index (Phi) is 3.85. The number of phenolic OH excluding ortho intramolecular Hbond substituents is 1. The van der Waals surface area contributed by atoms with Gasteiger partial charge in [-0.2, -0.15) is 5.10 Å². The molecule has 1 aliphatic rings. The first-order chi connectivity index (χ1) is 10.5. The molecule has 3 rings (SSSR count). The van der Waals surface area contributed by atoms with E-state index in [1.165, 1.54) is 0 Å². The summed E-state index contributed by atoms with van der Waals surface area (Å²) in [5, 5.41) is 16.3. The molecule has 6 heteroatoms. The number of likely N-dealkylation sites (N-methyl/N-ethyl adjacent to an activating group) is 2. The first-order valence-electron chi connectivity index (χ1n) is 7.35. The molecular formula is C16H20N4O2. The summed E-state index contributed by atoms with van der Waals surface area (Å²) in [4.78, 5) is 16.5. The van der Waals surface area contributed by atoms with Crippen molar-refractivity contribution >= 4 is 5.91 Å². The number of hydrogen-bond donors (Lipinski definition) is 2. The highest BCUT2D eigenvalue weighted by molar-refractivity contribution is 5.93. The summed E-state index contributed by atoms with van der Waals surface area (Å²) in [6, 6.07) is 8.75. The van der Waals surface area contributed by atoms with Crippen LogP contribution in [0.5, 0.6) is 5.75 Å². The highest BCUT2D eigenvalue weighted by Gasteiger charge is 2.27. The number of rotatable bonds is 3. The van der Waals surface area contributed by atoms with Crippen LogP contribution in [0.15, 0.2) is 30.3 Å². The Morgan fingerprint density at radius 1 is 1.41 bits per heavy atom. The molecule has 2 aromatic rings. The number of carbonyl (C=O) groups excluding carboxylic acids is 1. The van der Waals surface area contributed by atoms with Crippen LogP contribution in [0.1, 0.15) is 16.9 Å². The van der Waals surface area contributed by atoms with Gasteiger partial charge in [0.25, 0.3) is 5.91 Å². The summed E-state index contributed by atoms with van der Waals surface area (Å²) in [5.74, 6) is 0.165. The Labute approximate surface area is 129 Å². The van der Waals surface area contributed by atoms with Crippen LogP contribution in [0, 0.1) is 0 Å². The highest BCUT2D eigenvalue weighted by Crippen LogP contribution is 2.21. The number of aromatic nitrogens is 2. The molecule has 2 N–H and O–H groups in total. The number of benzene rings is 1. The van der Waals surface area contributed by atoms with E-state index in [0.29, 0.717) is 11.4 Å². The fourth-order valence-electron chi connectivity index (χ4n) is 2.80. The number of hydrogen-bond acceptors (Lipinski definition) is 4. The molecule has 0 saturated carbocycles. The number of carbonyl (C=O) groups is 1. The Morgan fingerprint density at radius 2 is 2.14 bits per heavy atom. The van der Waals surface area contributed by atoms with Gasteiger partial charge in [-0.25, -0.2) is 0 Å². The van der Waals surface area contributed by atoms with E-state index in [1.54, 1.807) is 35.2 Å². The van der Waals surface area contributed by atoms with E-state index in [9.17, 15) is 9.90 Å². The summed E-state index contributed by atoms with van der Waals surface area (Å²) in [6.45, 7) is 1.92. The third-order valence-electron chi connectivity index (χ3n) is 4.21. The van der Waals surface area contributed by atoms with E-state index in [4.69, 9.17) is 0 Å². The predicted molar refractivity (Wildman–Crippen MR) is 83.7 cm³/mol. The van der Waals surface area contributed by atoms with E-state index in [2.05, 4.69) is 22.1 Å². The molecule has 1 fully saturated rings. The van der Waals surface area contributed by atoms with Crippen molar-refractivity contribution in [2.45, 2.75) is 12.5 Å². The minimum absolute atomic E-state index is 0.0437. The van der Waals surface area contributed by atoms with Gasteiger partial charge in [-0.1, -0.05) is 0 Å². The maximum Gasteiger partial charge on any atom is 0.271 e. The number of nitrogens with zero attached hydrogens (tertiary/aromatic N) is 3.